The Labute approximate surface area is 78.9 Å². The Kier molecular flexibility index (Phi) is 3.14. The molecule has 0 spiro atoms. The monoisotopic (exact) mass is 186 g/mol. The molecule has 0 atom stereocenters. The van der Waals surface area contributed by atoms with Gasteiger partial charge in [-0.1, -0.05) is 0 Å². The van der Waals surface area contributed by atoms with Crippen molar-refractivity contribution in [3.05, 3.63) is 0 Å². The quantitative estimate of drug-likeness (QED) is 0.628. The van der Waals surface area contributed by atoms with E-state index >= 15 is 0 Å². The minimum absolute atomic E-state index is 0.0157. The number of nitrogens with one attached hydrogen (secondary N) is 1. The minimum Gasteiger partial charge on any atom is -0.390 e. The van der Waals surface area contributed by atoms with Crippen molar-refractivity contribution in [1.29, 1.82) is 0 Å². The van der Waals surface area contributed by atoms with E-state index in [4.69, 9.17) is 0 Å². The molecule has 1 rings (SSSR count). The molecule has 1 aliphatic rings. The van der Waals surface area contributed by atoms with Crippen LogP contribution in [0.1, 0.15) is 26.7 Å². The van der Waals surface area contributed by atoms with Crippen LogP contribution in [0.15, 0.2) is 0 Å². The van der Waals surface area contributed by atoms with Gasteiger partial charge < -0.3 is 15.3 Å². The van der Waals surface area contributed by atoms with Gasteiger partial charge >= 0.3 is 6.03 Å². The summed E-state index contributed by atoms with van der Waals surface area (Å²) in [6.07, 6.45) is 1.34. The molecule has 0 aromatic rings. The Hall–Kier alpha value is -0.770. The fourth-order valence-electron chi connectivity index (χ4n) is 1.45. The van der Waals surface area contributed by atoms with Gasteiger partial charge in [-0.25, -0.2) is 4.79 Å². The van der Waals surface area contributed by atoms with Crippen molar-refractivity contribution >= 4 is 6.03 Å². The lowest BCUT2D eigenvalue weighted by Crippen LogP contribution is -2.48. The number of carbonyl (C=O) groups excluding carboxylic acids is 1. The van der Waals surface area contributed by atoms with Gasteiger partial charge in [0.05, 0.1) is 5.60 Å². The number of carbonyl (C=O) groups is 1. The van der Waals surface area contributed by atoms with Gasteiger partial charge in [0.2, 0.25) is 0 Å². The van der Waals surface area contributed by atoms with E-state index in [0.717, 1.165) is 0 Å². The van der Waals surface area contributed by atoms with Crippen LogP contribution < -0.4 is 5.32 Å². The molecule has 1 saturated heterocycles. The zero-order chi connectivity index (χ0) is 9.90. The van der Waals surface area contributed by atoms with E-state index in [1.165, 1.54) is 0 Å². The van der Waals surface area contributed by atoms with Crippen LogP contribution in [0.25, 0.3) is 0 Å². The summed E-state index contributed by atoms with van der Waals surface area (Å²) >= 11 is 0. The Morgan fingerprint density at radius 1 is 1.54 bits per heavy atom. The molecule has 0 saturated carbocycles. The lowest BCUT2D eigenvalue weighted by Gasteiger charge is -2.35. The number of piperidine rings is 1. The van der Waals surface area contributed by atoms with Crippen LogP contribution >= 0.6 is 0 Å². The van der Waals surface area contributed by atoms with Gasteiger partial charge in [0.15, 0.2) is 0 Å². The van der Waals surface area contributed by atoms with Crippen molar-refractivity contribution in [1.82, 2.24) is 10.2 Å². The van der Waals surface area contributed by atoms with Gasteiger partial charge in [-0.15, -0.1) is 0 Å². The third kappa shape index (κ3) is 2.88. The summed E-state index contributed by atoms with van der Waals surface area (Å²) in [5.41, 5.74) is -0.580. The van der Waals surface area contributed by atoms with E-state index < -0.39 is 5.60 Å². The lowest BCUT2D eigenvalue weighted by atomic mass is 9.94. The average molecular weight is 186 g/mol. The Bertz CT molecular complexity index is 182. The van der Waals surface area contributed by atoms with Crippen molar-refractivity contribution < 1.29 is 9.90 Å². The van der Waals surface area contributed by atoms with Crippen molar-refractivity contribution in [2.45, 2.75) is 32.3 Å². The number of urea groups is 1. The van der Waals surface area contributed by atoms with Gasteiger partial charge in [0.1, 0.15) is 0 Å². The van der Waals surface area contributed by atoms with Crippen molar-refractivity contribution in [2.24, 2.45) is 0 Å². The zero-order valence-electron chi connectivity index (χ0n) is 8.34. The van der Waals surface area contributed by atoms with E-state index in [2.05, 4.69) is 5.32 Å². The standard InChI is InChI=1S/C9H18N2O2/c1-3-10-8(12)11-6-4-9(2,13)5-7-11/h13H,3-7H2,1-2H3,(H,10,12). The molecule has 2 amide bonds. The highest BCUT2D eigenvalue weighted by Crippen LogP contribution is 2.20. The first-order valence-electron chi connectivity index (χ1n) is 4.80. The normalized spacial score (nSPS) is 21.3. The van der Waals surface area contributed by atoms with Gasteiger partial charge in [-0.05, 0) is 26.7 Å². The van der Waals surface area contributed by atoms with Crippen LogP contribution in [0.4, 0.5) is 4.79 Å². The molecule has 13 heavy (non-hydrogen) atoms. The average Bonchev–Trinajstić information content (AvgIpc) is 2.04. The first-order valence-corrected chi connectivity index (χ1v) is 4.80. The Morgan fingerprint density at radius 3 is 2.54 bits per heavy atom. The summed E-state index contributed by atoms with van der Waals surface area (Å²) in [5, 5.41) is 12.4. The third-order valence-corrected chi connectivity index (χ3v) is 2.46. The Balaban J connectivity index is 2.36. The van der Waals surface area contributed by atoms with E-state index in [1.807, 2.05) is 13.8 Å². The fourth-order valence-corrected chi connectivity index (χ4v) is 1.45. The maximum atomic E-state index is 11.3. The number of hydrogen-bond acceptors (Lipinski definition) is 2. The molecule has 1 heterocycles. The highest BCUT2D eigenvalue weighted by molar-refractivity contribution is 5.74. The number of aliphatic hydroxyl groups is 1. The molecule has 4 nitrogen and oxygen atoms in total. The molecule has 0 unspecified atom stereocenters. The van der Waals surface area contributed by atoms with Gasteiger partial charge in [0, 0.05) is 19.6 Å². The van der Waals surface area contributed by atoms with Crippen LogP contribution in [0.2, 0.25) is 0 Å². The van der Waals surface area contributed by atoms with Crippen LogP contribution in [0.5, 0.6) is 0 Å². The van der Waals surface area contributed by atoms with Crippen LogP contribution in [0, 0.1) is 0 Å². The van der Waals surface area contributed by atoms with Gasteiger partial charge in [-0.3, -0.25) is 0 Å². The summed E-state index contributed by atoms with van der Waals surface area (Å²) in [4.78, 5) is 13.1. The second-order valence-corrected chi connectivity index (χ2v) is 3.82. The molecular formula is C9H18N2O2. The maximum Gasteiger partial charge on any atom is 0.317 e. The van der Waals surface area contributed by atoms with Crippen LogP contribution in [0.3, 0.4) is 0 Å². The van der Waals surface area contributed by atoms with E-state index in [0.29, 0.717) is 32.5 Å². The molecule has 76 valence electrons. The third-order valence-electron chi connectivity index (χ3n) is 2.46. The molecule has 4 heteroatoms. The molecule has 2 N–H and O–H groups in total. The number of rotatable bonds is 1. The smallest absolute Gasteiger partial charge is 0.317 e. The molecule has 1 fully saturated rings. The van der Waals surface area contributed by atoms with Gasteiger partial charge in [-0.2, -0.15) is 0 Å². The van der Waals surface area contributed by atoms with E-state index in [1.54, 1.807) is 4.90 Å². The van der Waals surface area contributed by atoms with E-state index in [-0.39, 0.29) is 6.03 Å². The molecular weight excluding hydrogens is 168 g/mol. The zero-order valence-corrected chi connectivity index (χ0v) is 8.34. The summed E-state index contributed by atoms with van der Waals surface area (Å²) in [6.45, 7) is 5.68. The van der Waals surface area contributed by atoms with Crippen molar-refractivity contribution in [3.63, 3.8) is 0 Å². The SMILES string of the molecule is CCNC(=O)N1CCC(C)(O)CC1. The topological polar surface area (TPSA) is 52.6 Å². The second kappa shape index (κ2) is 3.96. The molecule has 0 aliphatic carbocycles. The first-order chi connectivity index (χ1) is 6.05. The highest BCUT2D eigenvalue weighted by Gasteiger charge is 2.29. The second-order valence-electron chi connectivity index (χ2n) is 3.82. The predicted molar refractivity (Wildman–Crippen MR) is 50.5 cm³/mol. The van der Waals surface area contributed by atoms with Crippen LogP contribution in [-0.2, 0) is 0 Å². The summed E-state index contributed by atoms with van der Waals surface area (Å²) in [6, 6.07) is -0.0157. The number of likely N-dealkylation sites (tertiary alicyclic amines) is 1. The van der Waals surface area contributed by atoms with Crippen LogP contribution in [-0.4, -0.2) is 41.3 Å². The number of hydrogen-bond donors (Lipinski definition) is 2. The molecule has 1 aliphatic heterocycles. The lowest BCUT2D eigenvalue weighted by molar-refractivity contribution is 0.00445. The maximum absolute atomic E-state index is 11.3. The summed E-state index contributed by atoms with van der Waals surface area (Å²) in [7, 11) is 0. The van der Waals surface area contributed by atoms with Gasteiger partial charge in [0.25, 0.3) is 0 Å². The first kappa shape index (κ1) is 10.3. The fraction of sp³-hybridized carbons (Fsp3) is 0.889. The molecule has 0 radical (unpaired) electrons. The summed E-state index contributed by atoms with van der Waals surface area (Å²) < 4.78 is 0. The van der Waals surface area contributed by atoms with E-state index in [9.17, 15) is 9.90 Å². The number of nitrogens with zero attached hydrogens (tertiary/aromatic N) is 1. The highest BCUT2D eigenvalue weighted by atomic mass is 16.3. The largest absolute Gasteiger partial charge is 0.390 e. The molecule has 0 aromatic heterocycles. The van der Waals surface area contributed by atoms with Crippen molar-refractivity contribution in [2.75, 3.05) is 19.6 Å². The molecule has 0 aromatic carbocycles. The predicted octanol–water partition coefficient (Wildman–Crippen LogP) is 0.563. The van der Waals surface area contributed by atoms with Crippen molar-refractivity contribution in [3.8, 4) is 0 Å². The Morgan fingerprint density at radius 2 is 2.08 bits per heavy atom. The molecule has 0 bridgehead atoms. The summed E-state index contributed by atoms with van der Waals surface area (Å²) in [5.74, 6) is 0. The minimum atomic E-state index is -0.580. The number of amides is 2.